The van der Waals surface area contributed by atoms with E-state index >= 15 is 0 Å². The number of anilines is 1. The molecule has 1 amide bonds. The molecule has 0 aliphatic rings. The van der Waals surface area contributed by atoms with Gasteiger partial charge in [-0.25, -0.2) is 0 Å². The van der Waals surface area contributed by atoms with Gasteiger partial charge in [0.15, 0.2) is 0 Å². The Labute approximate surface area is 135 Å². The van der Waals surface area contributed by atoms with Crippen LogP contribution < -0.4 is 10.1 Å². The van der Waals surface area contributed by atoms with Crippen molar-refractivity contribution >= 4 is 29.3 Å². The lowest BCUT2D eigenvalue weighted by Crippen LogP contribution is -2.08. The van der Waals surface area contributed by atoms with Crippen LogP contribution in [-0.2, 0) is 4.79 Å². The highest BCUT2D eigenvalue weighted by atomic mass is 35.5. The van der Waals surface area contributed by atoms with Crippen LogP contribution in [0.3, 0.4) is 0 Å². The maximum Gasteiger partial charge on any atom is 0.248 e. The number of aryl methyl sites for hydroxylation is 2. The van der Waals surface area contributed by atoms with Gasteiger partial charge < -0.3 is 10.1 Å². The number of hydrogen-bond acceptors (Lipinski definition) is 2. The molecule has 1 N–H and O–H groups in total. The molecule has 0 aliphatic heterocycles. The summed E-state index contributed by atoms with van der Waals surface area (Å²) in [6, 6.07) is 11.1. The fourth-order valence-electron chi connectivity index (χ4n) is 2.00. The maximum atomic E-state index is 12.0. The molecule has 2 aromatic rings. The topological polar surface area (TPSA) is 38.3 Å². The quantitative estimate of drug-likeness (QED) is 0.836. The van der Waals surface area contributed by atoms with E-state index in [1.807, 2.05) is 32.0 Å². The van der Waals surface area contributed by atoms with Crippen molar-refractivity contribution in [2.45, 2.75) is 13.8 Å². The predicted octanol–water partition coefficient (Wildman–Crippen LogP) is 4.62. The Hall–Kier alpha value is -2.26. The van der Waals surface area contributed by atoms with E-state index in [1.165, 1.54) is 11.6 Å². The van der Waals surface area contributed by atoms with E-state index in [2.05, 4.69) is 5.32 Å². The number of benzene rings is 2. The number of halogens is 1. The molecule has 0 spiro atoms. The zero-order valence-corrected chi connectivity index (χ0v) is 13.6. The van der Waals surface area contributed by atoms with Gasteiger partial charge in [-0.3, -0.25) is 4.79 Å². The van der Waals surface area contributed by atoms with Gasteiger partial charge in [0, 0.05) is 22.3 Å². The van der Waals surface area contributed by atoms with E-state index in [4.69, 9.17) is 16.3 Å². The van der Waals surface area contributed by atoms with E-state index in [-0.39, 0.29) is 5.91 Å². The molecule has 0 radical (unpaired) electrons. The highest BCUT2D eigenvalue weighted by molar-refractivity contribution is 6.30. The Morgan fingerprint density at radius 1 is 1.14 bits per heavy atom. The van der Waals surface area contributed by atoms with Gasteiger partial charge in [-0.2, -0.15) is 0 Å². The van der Waals surface area contributed by atoms with Gasteiger partial charge >= 0.3 is 0 Å². The molecule has 0 aliphatic carbocycles. The number of rotatable bonds is 4. The van der Waals surface area contributed by atoms with Crippen LogP contribution in [0.1, 0.15) is 16.7 Å². The van der Waals surface area contributed by atoms with Crippen molar-refractivity contribution < 1.29 is 9.53 Å². The van der Waals surface area contributed by atoms with E-state index < -0.39 is 0 Å². The van der Waals surface area contributed by atoms with Gasteiger partial charge in [-0.15, -0.1) is 0 Å². The largest absolute Gasteiger partial charge is 0.496 e. The molecule has 0 bridgehead atoms. The van der Waals surface area contributed by atoms with Crippen molar-refractivity contribution in [1.29, 1.82) is 0 Å². The Morgan fingerprint density at radius 2 is 1.91 bits per heavy atom. The zero-order chi connectivity index (χ0) is 16.1. The first kappa shape index (κ1) is 16.1. The molecule has 4 heteroatoms. The van der Waals surface area contributed by atoms with E-state index in [1.54, 1.807) is 31.4 Å². The number of carbonyl (C=O) groups is 1. The lowest BCUT2D eigenvalue weighted by Gasteiger charge is -2.06. The highest BCUT2D eigenvalue weighted by Gasteiger charge is 2.03. The summed E-state index contributed by atoms with van der Waals surface area (Å²) in [6.07, 6.45) is 3.14. The fraction of sp³-hybridized carbons (Fsp3) is 0.167. The molecule has 0 heterocycles. The molecule has 0 saturated carbocycles. The minimum atomic E-state index is -0.203. The van der Waals surface area contributed by atoms with E-state index in [0.29, 0.717) is 10.8 Å². The van der Waals surface area contributed by atoms with Gasteiger partial charge in [-0.05, 0) is 61.4 Å². The predicted molar refractivity (Wildman–Crippen MR) is 91.6 cm³/mol. The highest BCUT2D eigenvalue weighted by Crippen LogP contribution is 2.23. The Kier molecular flexibility index (Phi) is 5.23. The molecule has 114 valence electrons. The Balaban J connectivity index is 2.11. The van der Waals surface area contributed by atoms with Crippen molar-refractivity contribution in [3.8, 4) is 5.75 Å². The molecule has 3 nitrogen and oxygen atoms in total. The average molecular weight is 316 g/mol. The molecule has 2 aromatic carbocycles. The SMILES string of the molecule is COc1ccc(Cl)cc1/C=C/C(=O)Nc1ccc(C)c(C)c1. The standard InChI is InChI=1S/C18H18ClNO2/c1-12-4-7-16(10-13(12)2)20-18(21)9-5-14-11-15(19)6-8-17(14)22-3/h4-11H,1-3H3,(H,20,21)/b9-5+. The van der Waals surface area contributed by atoms with Crippen LogP contribution in [-0.4, -0.2) is 13.0 Å². The lowest BCUT2D eigenvalue weighted by atomic mass is 10.1. The minimum absolute atomic E-state index is 0.203. The first-order chi connectivity index (χ1) is 10.5. The van der Waals surface area contributed by atoms with Gasteiger partial charge in [-0.1, -0.05) is 17.7 Å². The smallest absolute Gasteiger partial charge is 0.248 e. The lowest BCUT2D eigenvalue weighted by molar-refractivity contribution is -0.111. The number of amides is 1. The van der Waals surface area contributed by atoms with Crippen molar-refractivity contribution in [1.82, 2.24) is 0 Å². The van der Waals surface area contributed by atoms with Crippen LogP contribution in [0.25, 0.3) is 6.08 Å². The number of hydrogen-bond donors (Lipinski definition) is 1. The third kappa shape index (κ3) is 4.12. The number of carbonyl (C=O) groups excluding carboxylic acids is 1. The van der Waals surface area contributed by atoms with Crippen LogP contribution in [0.4, 0.5) is 5.69 Å². The summed E-state index contributed by atoms with van der Waals surface area (Å²) in [4.78, 5) is 12.0. The summed E-state index contributed by atoms with van der Waals surface area (Å²) in [5.41, 5.74) is 3.86. The van der Waals surface area contributed by atoms with Crippen LogP contribution >= 0.6 is 11.6 Å². The first-order valence-corrected chi connectivity index (χ1v) is 7.27. The molecule has 0 atom stereocenters. The minimum Gasteiger partial charge on any atom is -0.496 e. The van der Waals surface area contributed by atoms with Gasteiger partial charge in [0.2, 0.25) is 5.91 Å². The molecule has 2 rings (SSSR count). The molecule has 0 fully saturated rings. The summed E-state index contributed by atoms with van der Waals surface area (Å²) in [5.74, 6) is 0.463. The van der Waals surface area contributed by atoms with Gasteiger partial charge in [0.05, 0.1) is 7.11 Å². The van der Waals surface area contributed by atoms with Crippen LogP contribution in [0.15, 0.2) is 42.5 Å². The second-order valence-electron chi connectivity index (χ2n) is 5.01. The van der Waals surface area contributed by atoms with Crippen molar-refractivity contribution in [2.75, 3.05) is 12.4 Å². The number of ether oxygens (including phenoxy) is 1. The summed E-state index contributed by atoms with van der Waals surface area (Å²) in [6.45, 7) is 4.05. The van der Waals surface area contributed by atoms with E-state index in [9.17, 15) is 4.79 Å². The van der Waals surface area contributed by atoms with Crippen molar-refractivity contribution in [3.63, 3.8) is 0 Å². The molecular weight excluding hydrogens is 298 g/mol. The molecule has 0 aromatic heterocycles. The molecule has 0 saturated heterocycles. The molecular formula is C18H18ClNO2. The van der Waals surface area contributed by atoms with Crippen LogP contribution in [0.5, 0.6) is 5.75 Å². The van der Waals surface area contributed by atoms with Gasteiger partial charge in [0.25, 0.3) is 0 Å². The van der Waals surface area contributed by atoms with Gasteiger partial charge in [0.1, 0.15) is 5.75 Å². The summed E-state index contributed by atoms with van der Waals surface area (Å²) < 4.78 is 5.24. The fourth-order valence-corrected chi connectivity index (χ4v) is 2.18. The first-order valence-electron chi connectivity index (χ1n) is 6.89. The van der Waals surface area contributed by atoms with Crippen LogP contribution in [0, 0.1) is 13.8 Å². The van der Waals surface area contributed by atoms with Crippen LogP contribution in [0.2, 0.25) is 5.02 Å². The van der Waals surface area contributed by atoms with Crippen molar-refractivity contribution in [2.24, 2.45) is 0 Å². The third-order valence-electron chi connectivity index (χ3n) is 3.38. The maximum absolute atomic E-state index is 12.0. The number of methoxy groups -OCH3 is 1. The second-order valence-corrected chi connectivity index (χ2v) is 5.44. The summed E-state index contributed by atoms with van der Waals surface area (Å²) in [7, 11) is 1.58. The average Bonchev–Trinajstić information content (AvgIpc) is 2.49. The third-order valence-corrected chi connectivity index (χ3v) is 3.62. The normalized spacial score (nSPS) is 10.7. The zero-order valence-electron chi connectivity index (χ0n) is 12.8. The Morgan fingerprint density at radius 3 is 2.59 bits per heavy atom. The summed E-state index contributed by atoms with van der Waals surface area (Å²) >= 11 is 5.96. The Bertz CT molecular complexity index is 723. The van der Waals surface area contributed by atoms with Crippen molar-refractivity contribution in [3.05, 3.63) is 64.2 Å². The monoisotopic (exact) mass is 315 g/mol. The molecule has 0 unspecified atom stereocenters. The second kappa shape index (κ2) is 7.14. The summed E-state index contributed by atoms with van der Waals surface area (Å²) in [5, 5.41) is 3.43. The number of nitrogens with one attached hydrogen (secondary N) is 1. The van der Waals surface area contributed by atoms with E-state index in [0.717, 1.165) is 16.8 Å². The molecule has 22 heavy (non-hydrogen) atoms.